The fourth-order valence-electron chi connectivity index (χ4n) is 3.37. The molecular formula is C25H30N2O4. The third-order valence-corrected chi connectivity index (χ3v) is 5.18. The van der Waals surface area contributed by atoms with Gasteiger partial charge >= 0.3 is 0 Å². The number of rotatable bonds is 11. The molecule has 31 heavy (non-hydrogen) atoms. The van der Waals surface area contributed by atoms with Crippen molar-refractivity contribution in [3.8, 4) is 5.75 Å². The predicted molar refractivity (Wildman–Crippen MR) is 122 cm³/mol. The summed E-state index contributed by atoms with van der Waals surface area (Å²) in [5.74, 6) is 0.0820. The third kappa shape index (κ3) is 5.52. The number of nitrogens with one attached hydrogen (secondary N) is 1. The highest BCUT2D eigenvalue weighted by Crippen LogP contribution is 2.31. The van der Waals surface area contributed by atoms with Crippen molar-refractivity contribution in [3.05, 3.63) is 65.4 Å². The second-order valence-corrected chi connectivity index (χ2v) is 7.55. The first-order valence-corrected chi connectivity index (χ1v) is 10.7. The molecule has 0 fully saturated rings. The zero-order valence-electron chi connectivity index (χ0n) is 18.4. The number of carbonyl (C=O) groups excluding carboxylic acids is 2. The van der Waals surface area contributed by atoms with Gasteiger partial charge < -0.3 is 14.8 Å². The summed E-state index contributed by atoms with van der Waals surface area (Å²) >= 11 is 0. The van der Waals surface area contributed by atoms with Crippen LogP contribution in [0.2, 0.25) is 0 Å². The molecule has 1 aliphatic heterocycles. The first-order valence-electron chi connectivity index (χ1n) is 10.7. The van der Waals surface area contributed by atoms with Crippen molar-refractivity contribution in [3.63, 3.8) is 0 Å². The molecular weight excluding hydrogens is 392 g/mol. The molecule has 0 aliphatic carbocycles. The number of carbonyl (C=O) groups is 2. The maximum atomic E-state index is 13.2. The van der Waals surface area contributed by atoms with Gasteiger partial charge in [0.05, 0.1) is 12.7 Å². The molecule has 3 rings (SSSR count). The van der Waals surface area contributed by atoms with E-state index in [0.717, 1.165) is 24.1 Å². The SMILES string of the molecule is CCCCOCCCN1C(=O)C(Nc2ccc(C)cc2)=C(c2ccc(OC)cc2)C1=O. The quantitative estimate of drug-likeness (QED) is 0.429. The summed E-state index contributed by atoms with van der Waals surface area (Å²) in [7, 11) is 1.59. The topological polar surface area (TPSA) is 67.9 Å². The molecule has 2 amide bonds. The number of hydrogen-bond donors (Lipinski definition) is 1. The van der Waals surface area contributed by atoms with E-state index in [-0.39, 0.29) is 11.8 Å². The average molecular weight is 423 g/mol. The Morgan fingerprint density at radius 2 is 1.58 bits per heavy atom. The molecule has 2 aromatic rings. The van der Waals surface area contributed by atoms with E-state index < -0.39 is 0 Å². The third-order valence-electron chi connectivity index (χ3n) is 5.18. The van der Waals surface area contributed by atoms with Crippen molar-refractivity contribution in [1.82, 2.24) is 4.90 Å². The lowest BCUT2D eigenvalue weighted by Crippen LogP contribution is -2.34. The standard InChI is InChI=1S/C25H30N2O4/c1-4-5-16-31-17-6-15-27-24(28)22(19-9-13-21(30-3)14-10-19)23(25(27)29)26-20-11-7-18(2)8-12-20/h7-14,26H,4-6,15-17H2,1-3H3. The minimum Gasteiger partial charge on any atom is -0.497 e. The number of anilines is 1. The lowest BCUT2D eigenvalue weighted by Gasteiger charge is -2.15. The van der Waals surface area contributed by atoms with Crippen molar-refractivity contribution in [1.29, 1.82) is 0 Å². The van der Waals surface area contributed by atoms with Crippen molar-refractivity contribution >= 4 is 23.1 Å². The van der Waals surface area contributed by atoms with E-state index in [1.54, 1.807) is 31.4 Å². The molecule has 0 saturated heterocycles. The molecule has 6 nitrogen and oxygen atoms in total. The van der Waals surface area contributed by atoms with Gasteiger partial charge in [0, 0.05) is 25.4 Å². The van der Waals surface area contributed by atoms with Gasteiger partial charge in [-0.15, -0.1) is 0 Å². The van der Waals surface area contributed by atoms with Gasteiger partial charge in [-0.2, -0.15) is 0 Å². The van der Waals surface area contributed by atoms with Crippen LogP contribution in [0.4, 0.5) is 5.69 Å². The second kappa shape index (κ2) is 10.8. The van der Waals surface area contributed by atoms with Gasteiger partial charge in [-0.1, -0.05) is 43.2 Å². The van der Waals surface area contributed by atoms with E-state index in [0.29, 0.717) is 48.8 Å². The monoisotopic (exact) mass is 422 g/mol. The van der Waals surface area contributed by atoms with E-state index in [1.807, 2.05) is 31.2 Å². The van der Waals surface area contributed by atoms with Gasteiger partial charge in [0.15, 0.2) is 0 Å². The smallest absolute Gasteiger partial charge is 0.278 e. The second-order valence-electron chi connectivity index (χ2n) is 7.55. The summed E-state index contributed by atoms with van der Waals surface area (Å²) in [6.45, 7) is 5.66. The Bertz CT molecular complexity index is 933. The number of ether oxygens (including phenoxy) is 2. The van der Waals surface area contributed by atoms with Crippen LogP contribution in [0.3, 0.4) is 0 Å². The fraction of sp³-hybridized carbons (Fsp3) is 0.360. The Balaban J connectivity index is 1.82. The summed E-state index contributed by atoms with van der Waals surface area (Å²) in [6.07, 6.45) is 2.69. The number of unbranched alkanes of at least 4 members (excludes halogenated alkanes) is 1. The van der Waals surface area contributed by atoms with Crippen LogP contribution in [0.5, 0.6) is 5.75 Å². The maximum absolute atomic E-state index is 13.2. The van der Waals surface area contributed by atoms with E-state index in [9.17, 15) is 9.59 Å². The number of benzene rings is 2. The Labute approximate surface area is 183 Å². The van der Waals surface area contributed by atoms with Gasteiger partial charge in [0.1, 0.15) is 11.4 Å². The average Bonchev–Trinajstić information content (AvgIpc) is 3.01. The van der Waals surface area contributed by atoms with Crippen molar-refractivity contribution in [2.45, 2.75) is 33.1 Å². The molecule has 0 aromatic heterocycles. The number of aryl methyl sites for hydroxylation is 1. The van der Waals surface area contributed by atoms with Crippen LogP contribution in [0.1, 0.15) is 37.3 Å². The summed E-state index contributed by atoms with van der Waals surface area (Å²) in [5.41, 5.74) is 3.23. The first-order chi connectivity index (χ1) is 15.0. The van der Waals surface area contributed by atoms with Gasteiger partial charge in [-0.3, -0.25) is 14.5 Å². The highest BCUT2D eigenvalue weighted by Gasteiger charge is 2.38. The van der Waals surface area contributed by atoms with Gasteiger partial charge in [0.25, 0.3) is 11.8 Å². The van der Waals surface area contributed by atoms with Crippen molar-refractivity contribution in [2.24, 2.45) is 0 Å². The molecule has 0 bridgehead atoms. The van der Waals surface area contributed by atoms with Crippen LogP contribution in [-0.2, 0) is 14.3 Å². The van der Waals surface area contributed by atoms with Crippen LogP contribution in [0.15, 0.2) is 54.2 Å². The Kier molecular flexibility index (Phi) is 7.84. The first kappa shape index (κ1) is 22.6. The fourth-order valence-corrected chi connectivity index (χ4v) is 3.37. The van der Waals surface area contributed by atoms with Gasteiger partial charge in [-0.05, 0) is 49.6 Å². The maximum Gasteiger partial charge on any atom is 0.278 e. The Hall–Kier alpha value is -3.12. The minimum absolute atomic E-state index is 0.293. The van der Waals surface area contributed by atoms with Crippen LogP contribution in [-0.4, -0.2) is 43.6 Å². The zero-order valence-corrected chi connectivity index (χ0v) is 18.4. The summed E-state index contributed by atoms with van der Waals surface area (Å²) in [5, 5.41) is 3.18. The molecule has 0 radical (unpaired) electrons. The predicted octanol–water partition coefficient (Wildman–Crippen LogP) is 4.40. The molecule has 0 spiro atoms. The molecule has 164 valence electrons. The lowest BCUT2D eigenvalue weighted by molar-refractivity contribution is -0.137. The molecule has 0 unspecified atom stereocenters. The largest absolute Gasteiger partial charge is 0.497 e. The molecule has 0 saturated carbocycles. The van der Waals surface area contributed by atoms with E-state index >= 15 is 0 Å². The van der Waals surface area contributed by atoms with Gasteiger partial charge in [-0.25, -0.2) is 0 Å². The van der Waals surface area contributed by atoms with E-state index in [4.69, 9.17) is 9.47 Å². The normalized spacial score (nSPS) is 13.8. The van der Waals surface area contributed by atoms with E-state index in [1.165, 1.54) is 4.90 Å². The van der Waals surface area contributed by atoms with Crippen molar-refractivity contribution < 1.29 is 19.1 Å². The lowest BCUT2D eigenvalue weighted by atomic mass is 10.0. The molecule has 6 heteroatoms. The molecule has 1 heterocycles. The molecule has 0 atom stereocenters. The summed E-state index contributed by atoms with van der Waals surface area (Å²) in [4.78, 5) is 27.7. The number of methoxy groups -OCH3 is 1. The number of hydrogen-bond acceptors (Lipinski definition) is 5. The highest BCUT2D eigenvalue weighted by molar-refractivity contribution is 6.36. The molecule has 1 aliphatic rings. The number of imide groups is 1. The van der Waals surface area contributed by atoms with Crippen molar-refractivity contribution in [2.75, 3.05) is 32.2 Å². The zero-order chi connectivity index (χ0) is 22.2. The van der Waals surface area contributed by atoms with E-state index in [2.05, 4.69) is 12.2 Å². The molecule has 1 N–H and O–H groups in total. The van der Waals surface area contributed by atoms with Crippen LogP contribution in [0, 0.1) is 6.92 Å². The highest BCUT2D eigenvalue weighted by atomic mass is 16.5. The van der Waals surface area contributed by atoms with Crippen LogP contribution in [0.25, 0.3) is 5.57 Å². The number of amides is 2. The Morgan fingerprint density at radius 1 is 0.903 bits per heavy atom. The minimum atomic E-state index is -0.315. The van der Waals surface area contributed by atoms with Crippen LogP contribution >= 0.6 is 0 Å². The Morgan fingerprint density at radius 3 is 2.23 bits per heavy atom. The number of nitrogens with zero attached hydrogens (tertiary/aromatic N) is 1. The molecule has 2 aromatic carbocycles. The summed E-state index contributed by atoms with van der Waals surface area (Å²) in [6, 6.07) is 14.9. The van der Waals surface area contributed by atoms with Crippen LogP contribution < -0.4 is 10.1 Å². The van der Waals surface area contributed by atoms with Gasteiger partial charge in [0.2, 0.25) is 0 Å². The summed E-state index contributed by atoms with van der Waals surface area (Å²) < 4.78 is 10.8.